The molecule has 0 radical (unpaired) electrons. The second-order valence-electron chi connectivity index (χ2n) is 12.5. The number of para-hydroxylation sites is 2. The molecule has 8 rings (SSSR count). The Morgan fingerprint density at radius 3 is 1.76 bits per heavy atom. The van der Waals surface area contributed by atoms with Gasteiger partial charge in [0.1, 0.15) is 0 Å². The summed E-state index contributed by atoms with van der Waals surface area (Å²) in [5.41, 5.74) is 8.29. The first-order valence-corrected chi connectivity index (χ1v) is 16.8. The molecule has 0 N–H and O–H groups in total. The predicted molar refractivity (Wildman–Crippen MR) is 206 cm³/mol. The zero-order valence-corrected chi connectivity index (χ0v) is 27.9. The van der Waals surface area contributed by atoms with Gasteiger partial charge in [0.2, 0.25) is 6.41 Å². The highest BCUT2D eigenvalue weighted by atomic mass is 16.2. The maximum atomic E-state index is 15.1. The lowest BCUT2D eigenvalue weighted by atomic mass is 9.94. The molecule has 5 nitrogen and oxygen atoms in total. The Kier molecular flexibility index (Phi) is 8.14. The summed E-state index contributed by atoms with van der Waals surface area (Å²) in [6.07, 6.45) is 0.620. The van der Waals surface area contributed by atoms with E-state index in [2.05, 4.69) is 0 Å². The number of aromatic nitrogens is 1. The van der Waals surface area contributed by atoms with Gasteiger partial charge in [-0.3, -0.25) is 14.4 Å². The minimum atomic E-state index is -0.457. The van der Waals surface area contributed by atoms with Crippen LogP contribution in [0, 0.1) is 6.92 Å². The van der Waals surface area contributed by atoms with Crippen LogP contribution in [0.5, 0.6) is 0 Å². The quantitative estimate of drug-likeness (QED) is 0.120. The minimum Gasteiger partial charge on any atom is -0.308 e. The second kappa shape index (κ2) is 13.2. The summed E-state index contributed by atoms with van der Waals surface area (Å²) < 4.78 is 2.04. The standard InChI is InChI=1S/C46H32N2O3/c1-31-15-13-26-41(48-40-25-12-11-22-38(40)39-28-27-35(29-42(39)48)45(50)34-20-9-4-10-21-34)43(31)46(51)47(30-49)44-36(32-16-5-2-6-17-32)23-14-24-37(44)33-18-7-3-8-19-33/h2-30H,1H3. The van der Waals surface area contributed by atoms with Crippen LogP contribution in [-0.2, 0) is 4.79 Å². The van der Waals surface area contributed by atoms with E-state index in [1.54, 1.807) is 0 Å². The topological polar surface area (TPSA) is 59.4 Å². The van der Waals surface area contributed by atoms with Gasteiger partial charge >= 0.3 is 0 Å². The Hall–Kier alpha value is -6.85. The van der Waals surface area contributed by atoms with Gasteiger partial charge in [0.15, 0.2) is 5.78 Å². The van der Waals surface area contributed by atoms with Crippen LogP contribution in [0.25, 0.3) is 49.7 Å². The number of benzene rings is 7. The average Bonchev–Trinajstić information content (AvgIpc) is 3.52. The Bertz CT molecular complexity index is 2530. The molecule has 0 saturated carbocycles. The van der Waals surface area contributed by atoms with Crippen LogP contribution in [-0.4, -0.2) is 22.7 Å². The van der Waals surface area contributed by atoms with Crippen LogP contribution in [0.2, 0.25) is 0 Å². The van der Waals surface area contributed by atoms with Crippen molar-refractivity contribution in [3.63, 3.8) is 0 Å². The zero-order valence-electron chi connectivity index (χ0n) is 27.9. The number of hydrogen-bond acceptors (Lipinski definition) is 3. The first kappa shape index (κ1) is 31.4. The van der Waals surface area contributed by atoms with Crippen molar-refractivity contribution in [2.24, 2.45) is 0 Å². The molecular formula is C46H32N2O3. The molecule has 2 amide bonds. The number of carbonyl (C=O) groups excluding carboxylic acids is 3. The molecule has 0 unspecified atom stereocenters. The van der Waals surface area contributed by atoms with Crippen molar-refractivity contribution in [3.05, 3.63) is 192 Å². The van der Waals surface area contributed by atoms with Gasteiger partial charge in [-0.2, -0.15) is 0 Å². The number of rotatable bonds is 8. The molecule has 0 bridgehead atoms. The lowest BCUT2D eigenvalue weighted by Gasteiger charge is -2.25. The molecule has 0 aliphatic heterocycles. The van der Waals surface area contributed by atoms with Crippen LogP contribution in [0.15, 0.2) is 170 Å². The SMILES string of the molecule is Cc1cccc(-n2c3ccccc3c3ccc(C(=O)c4ccccc4)cc32)c1C(=O)N(C=O)c1c(-c2ccccc2)cccc1-c1ccccc1. The van der Waals surface area contributed by atoms with E-state index in [0.29, 0.717) is 40.0 Å². The van der Waals surface area contributed by atoms with Crippen molar-refractivity contribution >= 4 is 45.6 Å². The fourth-order valence-corrected chi connectivity index (χ4v) is 7.07. The van der Waals surface area contributed by atoms with Gasteiger partial charge in [0, 0.05) is 33.0 Å². The average molecular weight is 661 g/mol. The molecule has 0 saturated heterocycles. The molecule has 1 heterocycles. The summed E-state index contributed by atoms with van der Waals surface area (Å²) in [6, 6.07) is 54.1. The first-order chi connectivity index (χ1) is 25.0. The van der Waals surface area contributed by atoms with E-state index >= 15 is 4.79 Å². The van der Waals surface area contributed by atoms with Crippen molar-refractivity contribution in [3.8, 4) is 27.9 Å². The highest BCUT2D eigenvalue weighted by Crippen LogP contribution is 2.41. The number of amides is 2. The molecule has 0 aliphatic carbocycles. The van der Waals surface area contributed by atoms with E-state index in [1.165, 1.54) is 4.90 Å². The van der Waals surface area contributed by atoms with Crippen molar-refractivity contribution in [2.75, 3.05) is 4.90 Å². The Labute approximate surface area is 295 Å². The molecular weight excluding hydrogens is 629 g/mol. The van der Waals surface area contributed by atoms with E-state index in [-0.39, 0.29) is 5.78 Å². The molecule has 8 aromatic rings. The predicted octanol–water partition coefficient (Wildman–Crippen LogP) is 10.5. The summed E-state index contributed by atoms with van der Waals surface area (Å²) in [4.78, 5) is 43.4. The van der Waals surface area contributed by atoms with E-state index in [9.17, 15) is 9.59 Å². The normalized spacial score (nSPS) is 11.1. The van der Waals surface area contributed by atoms with Gasteiger partial charge in [-0.1, -0.05) is 152 Å². The highest BCUT2D eigenvalue weighted by molar-refractivity contribution is 6.22. The molecule has 0 spiro atoms. The number of carbonyl (C=O) groups is 3. The number of anilines is 1. The molecule has 0 fully saturated rings. The maximum absolute atomic E-state index is 15.1. The van der Waals surface area contributed by atoms with Crippen molar-refractivity contribution in [1.82, 2.24) is 4.57 Å². The van der Waals surface area contributed by atoms with Gasteiger partial charge in [-0.25, -0.2) is 4.90 Å². The van der Waals surface area contributed by atoms with E-state index in [1.807, 2.05) is 181 Å². The summed E-state index contributed by atoms with van der Waals surface area (Å²) in [6.45, 7) is 1.89. The van der Waals surface area contributed by atoms with Crippen LogP contribution in [0.3, 0.4) is 0 Å². The molecule has 5 heteroatoms. The molecule has 0 atom stereocenters. The minimum absolute atomic E-state index is 0.0899. The third-order valence-electron chi connectivity index (χ3n) is 9.45. The third kappa shape index (κ3) is 5.51. The summed E-state index contributed by atoms with van der Waals surface area (Å²) >= 11 is 0. The van der Waals surface area contributed by atoms with Crippen LogP contribution >= 0.6 is 0 Å². The number of fused-ring (bicyclic) bond motifs is 3. The smallest absolute Gasteiger partial charge is 0.267 e. The van der Waals surface area contributed by atoms with E-state index in [0.717, 1.165) is 44.1 Å². The van der Waals surface area contributed by atoms with Gasteiger partial charge < -0.3 is 4.57 Å². The van der Waals surface area contributed by atoms with Crippen molar-refractivity contribution in [2.45, 2.75) is 6.92 Å². The lowest BCUT2D eigenvalue weighted by molar-refractivity contribution is -0.106. The molecule has 7 aromatic carbocycles. The Morgan fingerprint density at radius 1 is 0.549 bits per heavy atom. The number of nitrogens with zero attached hydrogens (tertiary/aromatic N) is 2. The lowest BCUT2D eigenvalue weighted by Crippen LogP contribution is -2.32. The van der Waals surface area contributed by atoms with Gasteiger partial charge in [-0.15, -0.1) is 0 Å². The fraction of sp³-hybridized carbons (Fsp3) is 0.0217. The zero-order chi connectivity index (χ0) is 34.9. The highest BCUT2D eigenvalue weighted by Gasteiger charge is 2.29. The number of hydrogen-bond donors (Lipinski definition) is 0. The largest absolute Gasteiger partial charge is 0.308 e. The fourth-order valence-electron chi connectivity index (χ4n) is 7.07. The maximum Gasteiger partial charge on any atom is 0.267 e. The second-order valence-corrected chi connectivity index (χ2v) is 12.5. The monoisotopic (exact) mass is 660 g/mol. The van der Waals surface area contributed by atoms with Gasteiger partial charge in [-0.05, 0) is 41.8 Å². The number of imide groups is 1. The molecule has 244 valence electrons. The van der Waals surface area contributed by atoms with Crippen LogP contribution < -0.4 is 4.90 Å². The van der Waals surface area contributed by atoms with Crippen LogP contribution in [0.1, 0.15) is 31.8 Å². The first-order valence-electron chi connectivity index (χ1n) is 16.8. The Balaban J connectivity index is 1.36. The van der Waals surface area contributed by atoms with Gasteiger partial charge in [0.05, 0.1) is 28.0 Å². The molecule has 1 aromatic heterocycles. The Morgan fingerprint density at radius 2 is 1.12 bits per heavy atom. The summed E-state index contributed by atoms with van der Waals surface area (Å²) in [5, 5.41) is 1.93. The summed E-state index contributed by atoms with van der Waals surface area (Å²) in [5.74, 6) is -0.547. The number of ketones is 1. The van der Waals surface area contributed by atoms with Crippen LogP contribution in [0.4, 0.5) is 5.69 Å². The number of aryl methyl sites for hydroxylation is 1. The van der Waals surface area contributed by atoms with Crippen molar-refractivity contribution < 1.29 is 14.4 Å². The third-order valence-corrected chi connectivity index (χ3v) is 9.45. The van der Waals surface area contributed by atoms with E-state index < -0.39 is 5.91 Å². The molecule has 0 aliphatic rings. The van der Waals surface area contributed by atoms with E-state index in [4.69, 9.17) is 0 Å². The van der Waals surface area contributed by atoms with Gasteiger partial charge in [0.25, 0.3) is 5.91 Å². The molecule has 51 heavy (non-hydrogen) atoms. The van der Waals surface area contributed by atoms with Crippen molar-refractivity contribution in [1.29, 1.82) is 0 Å². The summed E-state index contributed by atoms with van der Waals surface area (Å²) in [7, 11) is 0.